The van der Waals surface area contributed by atoms with Crippen LogP contribution in [0, 0.1) is 0 Å². The zero-order chi connectivity index (χ0) is 15.0. The molecule has 1 aromatic rings. The second-order valence-corrected chi connectivity index (χ2v) is 7.53. The summed E-state index contributed by atoms with van der Waals surface area (Å²) in [6.07, 6.45) is 3.90. The minimum atomic E-state index is -3.55. The van der Waals surface area contributed by atoms with Crippen molar-refractivity contribution in [1.82, 2.24) is 10.0 Å². The SMILES string of the molecule is Cl.NC(=O)c1ccc(S(=O)(=O)NC2CC3CCC(C2)N3)cc1. The van der Waals surface area contributed by atoms with Crippen molar-refractivity contribution in [3.05, 3.63) is 29.8 Å². The van der Waals surface area contributed by atoms with Crippen molar-refractivity contribution >= 4 is 28.3 Å². The Morgan fingerprint density at radius 3 is 2.18 bits per heavy atom. The van der Waals surface area contributed by atoms with Crippen molar-refractivity contribution in [1.29, 1.82) is 0 Å². The molecular formula is C14H20ClN3O3S. The molecule has 0 spiro atoms. The number of carbonyl (C=O) groups excluding carboxylic acids is 1. The molecule has 6 nitrogen and oxygen atoms in total. The van der Waals surface area contributed by atoms with Gasteiger partial charge in [-0.15, -0.1) is 12.4 Å². The maximum atomic E-state index is 12.4. The lowest BCUT2D eigenvalue weighted by Gasteiger charge is -2.29. The largest absolute Gasteiger partial charge is 0.366 e. The van der Waals surface area contributed by atoms with Gasteiger partial charge in [-0.2, -0.15) is 0 Å². The summed E-state index contributed by atoms with van der Waals surface area (Å²) >= 11 is 0. The molecule has 0 radical (unpaired) electrons. The number of halogens is 1. The minimum Gasteiger partial charge on any atom is -0.366 e. The van der Waals surface area contributed by atoms with Crippen LogP contribution in [0.4, 0.5) is 0 Å². The van der Waals surface area contributed by atoms with Crippen LogP contribution < -0.4 is 15.8 Å². The molecule has 2 aliphatic heterocycles. The molecule has 3 rings (SSSR count). The third-order valence-electron chi connectivity index (χ3n) is 4.24. The lowest BCUT2D eigenvalue weighted by Crippen LogP contribution is -2.47. The molecule has 2 unspecified atom stereocenters. The van der Waals surface area contributed by atoms with Crippen LogP contribution >= 0.6 is 12.4 Å². The molecule has 8 heteroatoms. The van der Waals surface area contributed by atoms with E-state index in [1.54, 1.807) is 0 Å². The monoisotopic (exact) mass is 345 g/mol. The van der Waals surface area contributed by atoms with Gasteiger partial charge in [0.15, 0.2) is 0 Å². The van der Waals surface area contributed by atoms with Crippen molar-refractivity contribution in [3.63, 3.8) is 0 Å². The predicted octanol–water partition coefficient (Wildman–Crippen LogP) is 0.769. The molecule has 2 fully saturated rings. The van der Waals surface area contributed by atoms with Gasteiger partial charge < -0.3 is 11.1 Å². The second kappa shape index (κ2) is 6.54. The maximum Gasteiger partial charge on any atom is 0.248 e. The number of carbonyl (C=O) groups is 1. The number of benzene rings is 1. The fraction of sp³-hybridized carbons (Fsp3) is 0.500. The van der Waals surface area contributed by atoms with Gasteiger partial charge in [0, 0.05) is 23.7 Å². The van der Waals surface area contributed by atoms with Crippen LogP contribution in [0.15, 0.2) is 29.2 Å². The number of nitrogens with one attached hydrogen (secondary N) is 2. The summed E-state index contributed by atoms with van der Waals surface area (Å²) in [7, 11) is -3.55. The number of amides is 1. The molecule has 2 saturated heterocycles. The molecule has 0 aromatic heterocycles. The van der Waals surface area contributed by atoms with Crippen molar-refractivity contribution in [2.24, 2.45) is 5.73 Å². The smallest absolute Gasteiger partial charge is 0.248 e. The molecule has 22 heavy (non-hydrogen) atoms. The number of hydrogen-bond acceptors (Lipinski definition) is 4. The standard InChI is InChI=1S/C14H19N3O3S.ClH/c15-14(18)9-1-5-13(6-2-9)21(19,20)17-12-7-10-3-4-11(8-12)16-10;/h1-2,5-6,10-12,16-17H,3-4,7-8H2,(H2,15,18);1H. The number of primary amides is 1. The van der Waals surface area contributed by atoms with E-state index in [2.05, 4.69) is 10.0 Å². The van der Waals surface area contributed by atoms with Gasteiger partial charge >= 0.3 is 0 Å². The van der Waals surface area contributed by atoms with Crippen LogP contribution in [0.1, 0.15) is 36.0 Å². The average molecular weight is 346 g/mol. The summed E-state index contributed by atoms with van der Waals surface area (Å²) in [5.74, 6) is -0.568. The van der Waals surface area contributed by atoms with Crippen molar-refractivity contribution in [3.8, 4) is 0 Å². The van der Waals surface area contributed by atoms with Gasteiger partial charge in [-0.05, 0) is 49.9 Å². The Morgan fingerprint density at radius 1 is 1.14 bits per heavy atom. The summed E-state index contributed by atoms with van der Waals surface area (Å²) < 4.78 is 27.5. The highest BCUT2D eigenvalue weighted by Gasteiger charge is 2.35. The second-order valence-electron chi connectivity index (χ2n) is 5.82. The molecule has 122 valence electrons. The summed E-state index contributed by atoms with van der Waals surface area (Å²) in [6, 6.07) is 6.52. The highest BCUT2D eigenvalue weighted by Crippen LogP contribution is 2.27. The topological polar surface area (TPSA) is 101 Å². The van der Waals surface area contributed by atoms with Crippen LogP contribution in [0.2, 0.25) is 0 Å². The first-order chi connectivity index (χ1) is 9.94. The quantitative estimate of drug-likeness (QED) is 0.750. The van der Waals surface area contributed by atoms with Crippen LogP contribution in [-0.4, -0.2) is 32.5 Å². The number of rotatable bonds is 4. The van der Waals surface area contributed by atoms with Gasteiger partial charge in [0.1, 0.15) is 0 Å². The first-order valence-electron chi connectivity index (χ1n) is 7.12. The molecule has 0 aliphatic carbocycles. The van der Waals surface area contributed by atoms with Gasteiger partial charge in [-0.3, -0.25) is 4.79 Å². The number of piperidine rings is 1. The van der Waals surface area contributed by atoms with E-state index in [0.29, 0.717) is 17.6 Å². The minimum absolute atomic E-state index is 0. The van der Waals surface area contributed by atoms with Crippen LogP contribution in [0.3, 0.4) is 0 Å². The van der Waals surface area contributed by atoms with Crippen LogP contribution in [-0.2, 0) is 10.0 Å². The Labute approximate surface area is 136 Å². The van der Waals surface area contributed by atoms with Gasteiger partial charge in [0.25, 0.3) is 0 Å². The van der Waals surface area contributed by atoms with Gasteiger partial charge in [0.2, 0.25) is 15.9 Å². The van der Waals surface area contributed by atoms with E-state index >= 15 is 0 Å². The first kappa shape index (κ1) is 17.2. The molecule has 1 aromatic carbocycles. The van der Waals surface area contributed by atoms with Crippen molar-refractivity contribution in [2.75, 3.05) is 0 Å². The van der Waals surface area contributed by atoms with Gasteiger partial charge in [-0.1, -0.05) is 0 Å². The van der Waals surface area contributed by atoms with Crippen molar-refractivity contribution < 1.29 is 13.2 Å². The van der Waals surface area contributed by atoms with Gasteiger partial charge in [-0.25, -0.2) is 13.1 Å². The van der Waals surface area contributed by atoms with E-state index in [1.165, 1.54) is 24.3 Å². The Morgan fingerprint density at radius 2 is 1.68 bits per heavy atom. The van der Waals surface area contributed by atoms with E-state index in [1.807, 2.05) is 0 Å². The lowest BCUT2D eigenvalue weighted by molar-refractivity contribution is 0.1000. The summed E-state index contributed by atoms with van der Waals surface area (Å²) in [5, 5.41) is 3.48. The molecule has 0 saturated carbocycles. The Bertz CT molecular complexity index is 636. The fourth-order valence-corrected chi connectivity index (χ4v) is 4.50. The van der Waals surface area contributed by atoms with Crippen molar-refractivity contribution in [2.45, 2.75) is 48.7 Å². The van der Waals surface area contributed by atoms with E-state index in [0.717, 1.165) is 25.7 Å². The van der Waals surface area contributed by atoms with Crippen LogP contribution in [0.5, 0.6) is 0 Å². The normalized spacial score (nSPS) is 27.2. The zero-order valence-corrected chi connectivity index (χ0v) is 13.6. The molecule has 2 atom stereocenters. The number of fused-ring (bicyclic) bond motifs is 2. The first-order valence-corrected chi connectivity index (χ1v) is 8.60. The van der Waals surface area contributed by atoms with E-state index in [9.17, 15) is 13.2 Å². The highest BCUT2D eigenvalue weighted by atomic mass is 35.5. The third-order valence-corrected chi connectivity index (χ3v) is 5.78. The summed E-state index contributed by atoms with van der Waals surface area (Å²) in [6.45, 7) is 0. The number of nitrogens with two attached hydrogens (primary N) is 1. The molecule has 1 amide bonds. The summed E-state index contributed by atoms with van der Waals surface area (Å²) in [5.41, 5.74) is 5.45. The van der Waals surface area contributed by atoms with E-state index in [4.69, 9.17) is 5.73 Å². The number of sulfonamides is 1. The lowest BCUT2D eigenvalue weighted by atomic mass is 10.0. The third kappa shape index (κ3) is 3.60. The summed E-state index contributed by atoms with van der Waals surface area (Å²) in [4.78, 5) is 11.2. The van der Waals surface area contributed by atoms with E-state index in [-0.39, 0.29) is 23.3 Å². The predicted molar refractivity (Wildman–Crippen MR) is 85.5 cm³/mol. The Hall–Kier alpha value is -1.15. The molecule has 2 aliphatic rings. The fourth-order valence-electron chi connectivity index (χ4n) is 3.24. The van der Waals surface area contributed by atoms with Crippen LogP contribution in [0.25, 0.3) is 0 Å². The van der Waals surface area contributed by atoms with E-state index < -0.39 is 15.9 Å². The maximum absolute atomic E-state index is 12.4. The zero-order valence-electron chi connectivity index (χ0n) is 12.0. The Kier molecular flexibility index (Phi) is 5.11. The number of hydrogen-bond donors (Lipinski definition) is 3. The molecule has 2 bridgehead atoms. The molecule has 2 heterocycles. The highest BCUT2D eigenvalue weighted by molar-refractivity contribution is 7.89. The Balaban J connectivity index is 0.00000176. The molecule has 4 N–H and O–H groups in total. The van der Waals surface area contributed by atoms with Gasteiger partial charge in [0.05, 0.1) is 4.90 Å². The molecular weight excluding hydrogens is 326 g/mol. The average Bonchev–Trinajstić information content (AvgIpc) is 2.77.